The molecular weight excluding hydrogens is 240 g/mol. The second-order valence-electron chi connectivity index (χ2n) is 4.14. The van der Waals surface area contributed by atoms with Crippen LogP contribution in [0.5, 0.6) is 0 Å². The van der Waals surface area contributed by atoms with Crippen LogP contribution in [-0.4, -0.2) is 32.7 Å². The SMILES string of the molecule is COCCCNC(=O)c1ccc(C)c(C#CCN)c1. The number of amides is 1. The van der Waals surface area contributed by atoms with Gasteiger partial charge in [-0.1, -0.05) is 17.9 Å². The Hall–Kier alpha value is -1.83. The number of nitrogens with one attached hydrogen (secondary N) is 1. The van der Waals surface area contributed by atoms with E-state index in [4.69, 9.17) is 10.5 Å². The largest absolute Gasteiger partial charge is 0.385 e. The van der Waals surface area contributed by atoms with Gasteiger partial charge in [-0.25, -0.2) is 0 Å². The molecule has 0 unspecified atom stereocenters. The van der Waals surface area contributed by atoms with E-state index in [2.05, 4.69) is 17.2 Å². The maximum absolute atomic E-state index is 11.9. The highest BCUT2D eigenvalue weighted by Crippen LogP contribution is 2.10. The van der Waals surface area contributed by atoms with Crippen LogP contribution in [0, 0.1) is 18.8 Å². The lowest BCUT2D eigenvalue weighted by Crippen LogP contribution is -2.25. The molecule has 0 spiro atoms. The molecule has 1 rings (SSSR count). The van der Waals surface area contributed by atoms with E-state index < -0.39 is 0 Å². The topological polar surface area (TPSA) is 64.3 Å². The third kappa shape index (κ3) is 5.12. The van der Waals surface area contributed by atoms with Crippen LogP contribution in [0.4, 0.5) is 0 Å². The molecule has 0 heterocycles. The number of carbonyl (C=O) groups is 1. The summed E-state index contributed by atoms with van der Waals surface area (Å²) in [5.41, 5.74) is 7.85. The predicted molar refractivity (Wildman–Crippen MR) is 75.9 cm³/mol. The lowest BCUT2D eigenvalue weighted by atomic mass is 10.0. The highest BCUT2D eigenvalue weighted by molar-refractivity contribution is 5.94. The van der Waals surface area contributed by atoms with Gasteiger partial charge in [-0.05, 0) is 31.0 Å². The van der Waals surface area contributed by atoms with Gasteiger partial charge in [-0.15, -0.1) is 0 Å². The third-order valence-corrected chi connectivity index (χ3v) is 2.64. The van der Waals surface area contributed by atoms with Crippen molar-refractivity contribution >= 4 is 5.91 Å². The van der Waals surface area contributed by atoms with Gasteiger partial charge in [-0.3, -0.25) is 4.79 Å². The van der Waals surface area contributed by atoms with Crippen LogP contribution >= 0.6 is 0 Å². The zero-order chi connectivity index (χ0) is 14.1. The fourth-order valence-electron chi connectivity index (χ4n) is 1.56. The lowest BCUT2D eigenvalue weighted by molar-refractivity contribution is 0.0948. The number of benzene rings is 1. The van der Waals surface area contributed by atoms with Crippen LogP contribution in [-0.2, 0) is 4.74 Å². The fourth-order valence-corrected chi connectivity index (χ4v) is 1.56. The van der Waals surface area contributed by atoms with Crippen LogP contribution in [0.25, 0.3) is 0 Å². The lowest BCUT2D eigenvalue weighted by Gasteiger charge is -2.06. The van der Waals surface area contributed by atoms with Crippen LogP contribution in [0.3, 0.4) is 0 Å². The highest BCUT2D eigenvalue weighted by atomic mass is 16.5. The van der Waals surface area contributed by atoms with Crippen LogP contribution in [0.15, 0.2) is 18.2 Å². The van der Waals surface area contributed by atoms with Gasteiger partial charge in [0.25, 0.3) is 5.91 Å². The minimum absolute atomic E-state index is 0.0908. The quantitative estimate of drug-likeness (QED) is 0.615. The van der Waals surface area contributed by atoms with Gasteiger partial charge in [0.2, 0.25) is 0 Å². The van der Waals surface area contributed by atoms with Gasteiger partial charge in [0.05, 0.1) is 6.54 Å². The van der Waals surface area contributed by atoms with Crippen molar-refractivity contribution < 1.29 is 9.53 Å². The van der Waals surface area contributed by atoms with Gasteiger partial charge in [0, 0.05) is 31.4 Å². The van der Waals surface area contributed by atoms with E-state index in [-0.39, 0.29) is 5.91 Å². The fraction of sp³-hybridized carbons (Fsp3) is 0.400. The molecule has 4 nitrogen and oxygen atoms in total. The van der Waals surface area contributed by atoms with Crippen molar-refractivity contribution in [1.82, 2.24) is 5.32 Å². The smallest absolute Gasteiger partial charge is 0.251 e. The maximum atomic E-state index is 11.9. The van der Waals surface area contributed by atoms with E-state index in [0.717, 1.165) is 17.5 Å². The normalized spacial score (nSPS) is 9.63. The van der Waals surface area contributed by atoms with E-state index in [0.29, 0.717) is 25.3 Å². The Morgan fingerprint density at radius 2 is 2.26 bits per heavy atom. The molecule has 0 aliphatic rings. The Labute approximate surface area is 114 Å². The molecule has 0 aromatic heterocycles. The molecular formula is C15H20N2O2. The van der Waals surface area contributed by atoms with Crippen molar-refractivity contribution in [2.75, 3.05) is 26.8 Å². The van der Waals surface area contributed by atoms with Gasteiger partial charge in [0.1, 0.15) is 0 Å². The number of hydrogen-bond acceptors (Lipinski definition) is 3. The van der Waals surface area contributed by atoms with Gasteiger partial charge < -0.3 is 15.8 Å². The van der Waals surface area contributed by atoms with E-state index in [1.54, 1.807) is 19.2 Å². The zero-order valence-electron chi connectivity index (χ0n) is 11.5. The number of hydrogen-bond donors (Lipinski definition) is 2. The third-order valence-electron chi connectivity index (χ3n) is 2.64. The maximum Gasteiger partial charge on any atom is 0.251 e. The van der Waals surface area contributed by atoms with Crippen LogP contribution in [0.1, 0.15) is 27.9 Å². The summed E-state index contributed by atoms with van der Waals surface area (Å²) in [5.74, 6) is 5.68. The van der Waals surface area contributed by atoms with Gasteiger partial charge >= 0.3 is 0 Å². The van der Waals surface area contributed by atoms with Gasteiger partial charge in [-0.2, -0.15) is 0 Å². The minimum Gasteiger partial charge on any atom is -0.385 e. The molecule has 1 aromatic carbocycles. The number of carbonyl (C=O) groups excluding carboxylic acids is 1. The van der Waals surface area contributed by atoms with Gasteiger partial charge in [0.15, 0.2) is 0 Å². The van der Waals surface area contributed by atoms with Crippen LogP contribution in [0.2, 0.25) is 0 Å². The summed E-state index contributed by atoms with van der Waals surface area (Å²) in [6.07, 6.45) is 0.800. The highest BCUT2D eigenvalue weighted by Gasteiger charge is 2.06. The Bertz CT molecular complexity index is 487. The molecule has 0 saturated heterocycles. The van der Waals surface area contributed by atoms with Crippen molar-refractivity contribution in [2.45, 2.75) is 13.3 Å². The van der Waals surface area contributed by atoms with E-state index in [1.807, 2.05) is 13.0 Å². The average molecular weight is 260 g/mol. The molecule has 0 saturated carbocycles. The number of aryl methyl sites for hydroxylation is 1. The summed E-state index contributed by atoms with van der Waals surface area (Å²) in [7, 11) is 1.64. The van der Waals surface area contributed by atoms with Crippen molar-refractivity contribution in [2.24, 2.45) is 5.73 Å². The van der Waals surface area contributed by atoms with Crippen LogP contribution < -0.4 is 11.1 Å². The Balaban J connectivity index is 2.70. The summed E-state index contributed by atoms with van der Waals surface area (Å²) in [5, 5.41) is 2.84. The first-order valence-corrected chi connectivity index (χ1v) is 6.25. The molecule has 1 aromatic rings. The average Bonchev–Trinajstić information content (AvgIpc) is 2.42. The monoisotopic (exact) mass is 260 g/mol. The molecule has 0 atom stereocenters. The molecule has 102 valence electrons. The van der Waals surface area contributed by atoms with Crippen molar-refractivity contribution in [1.29, 1.82) is 0 Å². The second kappa shape index (κ2) is 8.30. The predicted octanol–water partition coefficient (Wildman–Crippen LogP) is 1.07. The number of ether oxygens (including phenoxy) is 1. The summed E-state index contributed by atoms with van der Waals surface area (Å²) in [6.45, 7) is 3.51. The number of rotatable bonds is 5. The summed E-state index contributed by atoms with van der Waals surface area (Å²) in [6, 6.07) is 5.49. The van der Waals surface area contributed by atoms with Crippen molar-refractivity contribution in [3.05, 3.63) is 34.9 Å². The molecule has 1 amide bonds. The number of nitrogens with two attached hydrogens (primary N) is 1. The molecule has 19 heavy (non-hydrogen) atoms. The van der Waals surface area contributed by atoms with E-state index >= 15 is 0 Å². The first-order chi connectivity index (χ1) is 9.19. The molecule has 0 bridgehead atoms. The summed E-state index contributed by atoms with van der Waals surface area (Å²) in [4.78, 5) is 11.9. The van der Waals surface area contributed by atoms with E-state index in [1.165, 1.54) is 0 Å². The molecule has 3 N–H and O–H groups in total. The molecule has 4 heteroatoms. The first kappa shape index (κ1) is 15.2. The molecule has 0 radical (unpaired) electrons. The Morgan fingerprint density at radius 3 is 2.95 bits per heavy atom. The Morgan fingerprint density at radius 1 is 1.47 bits per heavy atom. The zero-order valence-corrected chi connectivity index (χ0v) is 11.5. The van der Waals surface area contributed by atoms with E-state index in [9.17, 15) is 4.79 Å². The van der Waals surface area contributed by atoms with Crippen molar-refractivity contribution in [3.8, 4) is 11.8 Å². The summed E-state index contributed by atoms with van der Waals surface area (Å²) < 4.78 is 4.93. The molecule has 0 aliphatic carbocycles. The molecule has 0 fully saturated rings. The Kier molecular flexibility index (Phi) is 6.65. The summed E-state index contributed by atoms with van der Waals surface area (Å²) >= 11 is 0. The molecule has 0 aliphatic heterocycles. The standard InChI is InChI=1S/C15H20N2O2/c1-12-6-7-14(11-13(12)5-3-8-16)15(18)17-9-4-10-19-2/h6-7,11H,4,8-10,16H2,1-2H3,(H,17,18). The number of methoxy groups -OCH3 is 1. The van der Waals surface area contributed by atoms with Crippen molar-refractivity contribution in [3.63, 3.8) is 0 Å². The first-order valence-electron chi connectivity index (χ1n) is 6.25. The minimum atomic E-state index is -0.0908. The second-order valence-corrected chi connectivity index (χ2v) is 4.14.